The Kier molecular flexibility index (Phi) is 12.2. The molecule has 0 aliphatic heterocycles. The third kappa shape index (κ3) is 8.92. The second-order valence-electron chi connectivity index (χ2n) is 11.8. The number of aryl methyl sites for hydroxylation is 1. The van der Waals surface area contributed by atoms with Crippen LogP contribution in [0.2, 0.25) is 0 Å². The summed E-state index contributed by atoms with van der Waals surface area (Å²) < 4.78 is 55.4. The maximum atomic E-state index is 15.1. The van der Waals surface area contributed by atoms with Gasteiger partial charge in [0.1, 0.15) is 18.4 Å². The summed E-state index contributed by atoms with van der Waals surface area (Å²) in [4.78, 5) is 29.6. The number of nitrogens with zero attached hydrogens (tertiary/aromatic N) is 2. The number of rotatable bonds is 15. The van der Waals surface area contributed by atoms with E-state index in [1.165, 1.54) is 49.5 Å². The summed E-state index contributed by atoms with van der Waals surface area (Å²) >= 11 is 0. The predicted octanol–water partition coefficient (Wildman–Crippen LogP) is 5.76. The van der Waals surface area contributed by atoms with E-state index in [-0.39, 0.29) is 40.8 Å². The molecule has 0 aliphatic carbocycles. The largest absolute Gasteiger partial charge is 0.493 e. The number of anilines is 1. The minimum Gasteiger partial charge on any atom is -0.493 e. The second kappa shape index (κ2) is 16.3. The van der Waals surface area contributed by atoms with Crippen molar-refractivity contribution in [1.82, 2.24) is 10.2 Å². The van der Waals surface area contributed by atoms with E-state index < -0.39 is 40.2 Å². The number of methoxy groups -OCH3 is 2. The minimum atomic E-state index is -4.38. The van der Waals surface area contributed by atoms with Crippen LogP contribution in [0.4, 0.5) is 10.1 Å². The van der Waals surface area contributed by atoms with Crippen LogP contribution in [0.5, 0.6) is 11.5 Å². The van der Waals surface area contributed by atoms with Crippen LogP contribution in [0.25, 0.3) is 0 Å². The molecule has 4 aromatic carbocycles. The Balaban J connectivity index is 1.83. The van der Waals surface area contributed by atoms with Gasteiger partial charge in [-0.25, -0.2) is 12.8 Å². The molecule has 1 N–H and O–H groups in total. The van der Waals surface area contributed by atoms with E-state index in [9.17, 15) is 18.0 Å². The highest BCUT2D eigenvalue weighted by molar-refractivity contribution is 7.92. The van der Waals surface area contributed by atoms with Gasteiger partial charge in [0.15, 0.2) is 11.5 Å². The van der Waals surface area contributed by atoms with Crippen molar-refractivity contribution in [3.63, 3.8) is 0 Å². The van der Waals surface area contributed by atoms with E-state index in [1.54, 1.807) is 36.4 Å². The number of nitrogens with one attached hydrogen (secondary N) is 1. The molecule has 0 unspecified atom stereocenters. The highest BCUT2D eigenvalue weighted by atomic mass is 32.2. The van der Waals surface area contributed by atoms with Crippen LogP contribution in [0.15, 0.2) is 102 Å². The zero-order valence-electron chi connectivity index (χ0n) is 27.9. The summed E-state index contributed by atoms with van der Waals surface area (Å²) in [5, 5.41) is 2.92. The molecule has 0 radical (unpaired) electrons. The molecule has 0 bridgehead atoms. The number of carbonyl (C=O) groups excluding carboxylic acids is 2. The number of carbonyl (C=O) groups is 2. The van der Waals surface area contributed by atoms with E-state index in [1.807, 2.05) is 51.1 Å². The normalized spacial score (nSPS) is 11.9. The second-order valence-corrected chi connectivity index (χ2v) is 13.7. The maximum Gasteiger partial charge on any atom is 0.264 e. The fourth-order valence-corrected chi connectivity index (χ4v) is 6.56. The molecule has 0 saturated heterocycles. The molecule has 4 rings (SSSR count). The van der Waals surface area contributed by atoms with Crippen LogP contribution in [0.3, 0.4) is 0 Å². The molecular weight excluding hydrogens is 633 g/mol. The summed E-state index contributed by atoms with van der Waals surface area (Å²) in [7, 11) is -1.55. The van der Waals surface area contributed by atoms with Crippen molar-refractivity contribution in [2.75, 3.05) is 31.6 Å². The number of benzene rings is 4. The van der Waals surface area contributed by atoms with Gasteiger partial charge in [-0.1, -0.05) is 80.1 Å². The van der Waals surface area contributed by atoms with Gasteiger partial charge in [-0.05, 0) is 48.7 Å². The van der Waals surface area contributed by atoms with Crippen molar-refractivity contribution in [1.29, 1.82) is 0 Å². The van der Waals surface area contributed by atoms with Crippen molar-refractivity contribution in [3.8, 4) is 11.5 Å². The van der Waals surface area contributed by atoms with Gasteiger partial charge in [-0.2, -0.15) is 0 Å². The van der Waals surface area contributed by atoms with Crippen LogP contribution < -0.4 is 19.1 Å². The highest BCUT2D eigenvalue weighted by Gasteiger charge is 2.35. The molecule has 0 fully saturated rings. The van der Waals surface area contributed by atoms with Crippen molar-refractivity contribution in [3.05, 3.63) is 120 Å². The lowest BCUT2D eigenvalue weighted by molar-refractivity contribution is -0.140. The van der Waals surface area contributed by atoms with Crippen LogP contribution in [0, 0.1) is 18.7 Å². The number of hydrogen-bond donors (Lipinski definition) is 1. The predicted molar refractivity (Wildman–Crippen MR) is 184 cm³/mol. The maximum absolute atomic E-state index is 15.1. The molecule has 254 valence electrons. The zero-order valence-corrected chi connectivity index (χ0v) is 28.7. The zero-order chi connectivity index (χ0) is 34.8. The van der Waals surface area contributed by atoms with Crippen LogP contribution in [-0.4, -0.2) is 58.5 Å². The molecule has 4 aromatic rings. The SMILES string of the molecule is COc1ccc(S(=O)(=O)N(CC(=O)N(Cc2ccccc2F)[C@@H](Cc2ccccc2)C(=O)NCC(C)C)c2ccc(C)cc2)cc1OC. The van der Waals surface area contributed by atoms with Crippen molar-refractivity contribution >= 4 is 27.5 Å². The van der Waals surface area contributed by atoms with Crippen molar-refractivity contribution in [2.45, 2.75) is 44.7 Å². The molecule has 0 heterocycles. The number of ether oxygens (including phenoxy) is 2. The molecule has 0 saturated carbocycles. The Bertz CT molecular complexity index is 1800. The lowest BCUT2D eigenvalue weighted by atomic mass is 10.0. The highest BCUT2D eigenvalue weighted by Crippen LogP contribution is 2.32. The Hall–Kier alpha value is -4.90. The molecule has 48 heavy (non-hydrogen) atoms. The lowest BCUT2D eigenvalue weighted by Crippen LogP contribution is -2.53. The monoisotopic (exact) mass is 675 g/mol. The summed E-state index contributed by atoms with van der Waals surface area (Å²) in [5.74, 6) is -1.01. The number of sulfonamides is 1. The molecule has 0 aromatic heterocycles. The summed E-state index contributed by atoms with van der Waals surface area (Å²) in [6.07, 6.45) is 0.123. The quantitative estimate of drug-likeness (QED) is 0.172. The van der Waals surface area contributed by atoms with Crippen molar-refractivity contribution in [2.24, 2.45) is 5.92 Å². The number of amides is 2. The summed E-state index contributed by atoms with van der Waals surface area (Å²) in [6, 6.07) is 25.0. The van der Waals surface area contributed by atoms with Gasteiger partial charge in [-0.3, -0.25) is 13.9 Å². The molecule has 0 aliphatic rings. The van der Waals surface area contributed by atoms with E-state index in [0.717, 1.165) is 15.4 Å². The Labute approximate surface area is 282 Å². The van der Waals surface area contributed by atoms with E-state index in [4.69, 9.17) is 9.47 Å². The van der Waals surface area contributed by atoms with Crippen LogP contribution >= 0.6 is 0 Å². The Morgan fingerprint density at radius 3 is 2.12 bits per heavy atom. The first kappa shape index (κ1) is 35.9. The molecule has 11 heteroatoms. The lowest BCUT2D eigenvalue weighted by Gasteiger charge is -2.34. The fraction of sp³-hybridized carbons (Fsp3) is 0.297. The Morgan fingerprint density at radius 2 is 1.50 bits per heavy atom. The van der Waals surface area contributed by atoms with Crippen molar-refractivity contribution < 1.29 is 31.9 Å². The third-order valence-electron chi connectivity index (χ3n) is 7.80. The van der Waals surface area contributed by atoms with E-state index in [2.05, 4.69) is 5.32 Å². The van der Waals surface area contributed by atoms with E-state index >= 15 is 4.39 Å². The number of hydrogen-bond acceptors (Lipinski definition) is 6. The third-order valence-corrected chi connectivity index (χ3v) is 9.57. The van der Waals surface area contributed by atoms with E-state index in [0.29, 0.717) is 12.3 Å². The van der Waals surface area contributed by atoms with Gasteiger partial charge >= 0.3 is 0 Å². The fourth-order valence-electron chi connectivity index (χ4n) is 5.13. The standard InChI is InChI=1S/C37H42FN3O6S/c1-26(2)23-39-37(43)33(21-28-11-7-6-8-12-28)40(24-29-13-9-10-14-32(29)38)36(42)25-41(30-17-15-27(3)16-18-30)48(44,45)31-19-20-34(46-4)35(22-31)47-5/h6-20,22,26,33H,21,23-25H2,1-5H3,(H,39,43)/t33-/m0/s1. The van der Waals surface area contributed by atoms with Crippen LogP contribution in [0.1, 0.15) is 30.5 Å². The first-order valence-electron chi connectivity index (χ1n) is 15.6. The van der Waals surface area contributed by atoms with Gasteiger partial charge in [-0.15, -0.1) is 0 Å². The average Bonchev–Trinajstić information content (AvgIpc) is 3.08. The molecule has 9 nitrogen and oxygen atoms in total. The van der Waals surface area contributed by atoms with Gasteiger partial charge in [0, 0.05) is 31.1 Å². The molecule has 2 amide bonds. The topological polar surface area (TPSA) is 105 Å². The number of halogens is 1. The van der Waals surface area contributed by atoms with Gasteiger partial charge in [0.05, 0.1) is 24.8 Å². The first-order chi connectivity index (χ1) is 22.9. The first-order valence-corrected chi connectivity index (χ1v) is 17.0. The molecule has 1 atom stereocenters. The minimum absolute atomic E-state index is 0.123. The van der Waals surface area contributed by atoms with Gasteiger partial charge in [0.2, 0.25) is 11.8 Å². The smallest absolute Gasteiger partial charge is 0.264 e. The summed E-state index contributed by atoms with van der Waals surface area (Å²) in [5.41, 5.74) is 2.09. The Morgan fingerprint density at radius 1 is 0.854 bits per heavy atom. The van der Waals surface area contributed by atoms with Crippen LogP contribution in [-0.2, 0) is 32.6 Å². The average molecular weight is 676 g/mol. The summed E-state index contributed by atoms with van der Waals surface area (Å²) in [6.45, 7) is 5.19. The molecule has 0 spiro atoms. The van der Waals surface area contributed by atoms with Gasteiger partial charge in [0.25, 0.3) is 10.0 Å². The van der Waals surface area contributed by atoms with Gasteiger partial charge < -0.3 is 19.7 Å². The molecular formula is C37H42FN3O6S.